The summed E-state index contributed by atoms with van der Waals surface area (Å²) in [4.78, 5) is 11.2. The SMILES string of the molecule is NC(=O)c1cccc(NCc2ccccc2C2CC2)c1. The number of primary amides is 1. The number of rotatable bonds is 5. The predicted molar refractivity (Wildman–Crippen MR) is 80.7 cm³/mol. The summed E-state index contributed by atoms with van der Waals surface area (Å²) >= 11 is 0. The Hall–Kier alpha value is -2.29. The molecule has 3 N–H and O–H groups in total. The number of nitrogens with two attached hydrogens (primary N) is 1. The summed E-state index contributed by atoms with van der Waals surface area (Å²) in [5.41, 5.74) is 9.53. The van der Waals surface area contributed by atoms with Gasteiger partial charge in [-0.2, -0.15) is 0 Å². The lowest BCUT2D eigenvalue weighted by atomic mass is 10.0. The van der Waals surface area contributed by atoms with Crippen LogP contribution in [0.3, 0.4) is 0 Å². The Balaban J connectivity index is 1.73. The molecule has 1 aliphatic rings. The van der Waals surface area contributed by atoms with Gasteiger partial charge in [0.2, 0.25) is 5.91 Å². The Kier molecular flexibility index (Phi) is 3.42. The number of benzene rings is 2. The maximum atomic E-state index is 11.2. The number of hydrogen-bond donors (Lipinski definition) is 2. The average Bonchev–Trinajstić information content (AvgIpc) is 3.30. The third kappa shape index (κ3) is 2.82. The van der Waals surface area contributed by atoms with Crippen molar-refractivity contribution in [3.05, 3.63) is 65.2 Å². The van der Waals surface area contributed by atoms with E-state index in [2.05, 4.69) is 29.6 Å². The highest BCUT2D eigenvalue weighted by atomic mass is 16.1. The Morgan fingerprint density at radius 2 is 1.95 bits per heavy atom. The van der Waals surface area contributed by atoms with E-state index in [0.29, 0.717) is 5.56 Å². The van der Waals surface area contributed by atoms with E-state index in [0.717, 1.165) is 18.2 Å². The predicted octanol–water partition coefficient (Wildman–Crippen LogP) is 3.28. The summed E-state index contributed by atoms with van der Waals surface area (Å²) in [6, 6.07) is 15.9. The Labute approximate surface area is 118 Å². The van der Waals surface area contributed by atoms with E-state index in [1.54, 1.807) is 12.1 Å². The Morgan fingerprint density at radius 3 is 2.70 bits per heavy atom. The highest BCUT2D eigenvalue weighted by Crippen LogP contribution is 2.41. The highest BCUT2D eigenvalue weighted by Gasteiger charge is 2.25. The zero-order valence-electron chi connectivity index (χ0n) is 11.3. The fourth-order valence-corrected chi connectivity index (χ4v) is 2.47. The van der Waals surface area contributed by atoms with Crippen LogP contribution in [0.1, 0.15) is 40.2 Å². The van der Waals surface area contributed by atoms with E-state index >= 15 is 0 Å². The molecule has 3 heteroatoms. The molecule has 0 aromatic heterocycles. The van der Waals surface area contributed by atoms with E-state index < -0.39 is 5.91 Å². The summed E-state index contributed by atoms with van der Waals surface area (Å²) in [6.45, 7) is 0.773. The molecular formula is C17H18N2O. The van der Waals surface area contributed by atoms with Crippen molar-refractivity contribution in [1.82, 2.24) is 0 Å². The van der Waals surface area contributed by atoms with Gasteiger partial charge >= 0.3 is 0 Å². The summed E-state index contributed by atoms with van der Waals surface area (Å²) in [5, 5.41) is 3.37. The van der Waals surface area contributed by atoms with Crippen molar-refractivity contribution >= 4 is 11.6 Å². The molecule has 0 spiro atoms. The summed E-state index contributed by atoms with van der Waals surface area (Å²) in [7, 11) is 0. The largest absolute Gasteiger partial charge is 0.381 e. The molecule has 0 heterocycles. The first-order valence-corrected chi connectivity index (χ1v) is 6.95. The molecule has 2 aromatic rings. The van der Waals surface area contributed by atoms with Crippen LogP contribution in [0.25, 0.3) is 0 Å². The minimum absolute atomic E-state index is 0.396. The molecular weight excluding hydrogens is 248 g/mol. The van der Waals surface area contributed by atoms with Crippen LogP contribution >= 0.6 is 0 Å². The highest BCUT2D eigenvalue weighted by molar-refractivity contribution is 5.93. The van der Waals surface area contributed by atoms with E-state index in [-0.39, 0.29) is 0 Å². The average molecular weight is 266 g/mol. The minimum Gasteiger partial charge on any atom is -0.381 e. The smallest absolute Gasteiger partial charge is 0.248 e. The van der Waals surface area contributed by atoms with Crippen LogP contribution in [-0.2, 0) is 6.54 Å². The van der Waals surface area contributed by atoms with Crippen molar-refractivity contribution in [2.75, 3.05) is 5.32 Å². The third-order valence-corrected chi connectivity index (χ3v) is 3.70. The third-order valence-electron chi connectivity index (χ3n) is 3.70. The van der Waals surface area contributed by atoms with E-state index in [1.807, 2.05) is 12.1 Å². The van der Waals surface area contributed by atoms with Gasteiger partial charge < -0.3 is 11.1 Å². The van der Waals surface area contributed by atoms with Gasteiger partial charge in [-0.1, -0.05) is 30.3 Å². The van der Waals surface area contributed by atoms with Crippen LogP contribution in [0.15, 0.2) is 48.5 Å². The summed E-state index contributed by atoms with van der Waals surface area (Å²) in [6.07, 6.45) is 2.60. The fourth-order valence-electron chi connectivity index (χ4n) is 2.47. The summed E-state index contributed by atoms with van der Waals surface area (Å²) < 4.78 is 0. The van der Waals surface area contributed by atoms with Crippen molar-refractivity contribution in [1.29, 1.82) is 0 Å². The number of carbonyl (C=O) groups excluding carboxylic acids is 1. The standard InChI is InChI=1S/C17H18N2O/c18-17(20)13-5-3-6-15(10-13)19-11-14-4-1-2-7-16(14)12-8-9-12/h1-7,10,12,19H,8-9,11H2,(H2,18,20). The molecule has 0 atom stereocenters. The number of anilines is 1. The van der Waals surface area contributed by atoms with Gasteiger partial charge in [-0.3, -0.25) is 4.79 Å². The van der Waals surface area contributed by atoms with Crippen molar-refractivity contribution in [3.63, 3.8) is 0 Å². The molecule has 1 aliphatic carbocycles. The van der Waals surface area contributed by atoms with Crippen molar-refractivity contribution in [3.8, 4) is 0 Å². The topological polar surface area (TPSA) is 55.1 Å². The second kappa shape index (κ2) is 5.37. The van der Waals surface area contributed by atoms with Gasteiger partial charge in [-0.05, 0) is 48.1 Å². The van der Waals surface area contributed by atoms with Crippen LogP contribution in [0, 0.1) is 0 Å². The van der Waals surface area contributed by atoms with Gasteiger partial charge in [0.1, 0.15) is 0 Å². The molecule has 0 aliphatic heterocycles. The van der Waals surface area contributed by atoms with Crippen molar-refractivity contribution < 1.29 is 4.79 Å². The lowest BCUT2D eigenvalue weighted by molar-refractivity contribution is 0.100. The second-order valence-electron chi connectivity index (χ2n) is 5.27. The molecule has 1 saturated carbocycles. The maximum Gasteiger partial charge on any atom is 0.248 e. The first kappa shape index (κ1) is 12.7. The van der Waals surface area contributed by atoms with Crippen LogP contribution in [0.2, 0.25) is 0 Å². The first-order valence-electron chi connectivity index (χ1n) is 6.95. The van der Waals surface area contributed by atoms with Crippen molar-refractivity contribution in [2.45, 2.75) is 25.3 Å². The monoisotopic (exact) mass is 266 g/mol. The van der Waals surface area contributed by atoms with Gasteiger partial charge in [-0.25, -0.2) is 0 Å². The van der Waals surface area contributed by atoms with Crippen molar-refractivity contribution in [2.24, 2.45) is 5.73 Å². The number of hydrogen-bond acceptors (Lipinski definition) is 2. The van der Waals surface area contributed by atoms with Crippen LogP contribution in [0.5, 0.6) is 0 Å². The fraction of sp³-hybridized carbons (Fsp3) is 0.235. The zero-order valence-corrected chi connectivity index (χ0v) is 11.3. The molecule has 1 amide bonds. The van der Waals surface area contributed by atoms with Gasteiger partial charge in [0.15, 0.2) is 0 Å². The van der Waals surface area contributed by atoms with Gasteiger partial charge in [0.05, 0.1) is 0 Å². The molecule has 0 unspecified atom stereocenters. The molecule has 0 saturated heterocycles. The molecule has 0 radical (unpaired) electrons. The molecule has 102 valence electrons. The van der Waals surface area contributed by atoms with E-state index in [9.17, 15) is 4.79 Å². The maximum absolute atomic E-state index is 11.2. The molecule has 3 nitrogen and oxygen atoms in total. The van der Waals surface area contributed by atoms with Gasteiger partial charge in [0.25, 0.3) is 0 Å². The van der Waals surface area contributed by atoms with Crippen LogP contribution < -0.4 is 11.1 Å². The number of nitrogens with one attached hydrogen (secondary N) is 1. The van der Waals surface area contributed by atoms with Gasteiger partial charge in [0, 0.05) is 17.8 Å². The number of amides is 1. The molecule has 3 rings (SSSR count). The summed E-state index contributed by atoms with van der Waals surface area (Å²) in [5.74, 6) is 0.344. The lowest BCUT2D eigenvalue weighted by Crippen LogP contribution is -2.11. The lowest BCUT2D eigenvalue weighted by Gasteiger charge is -2.11. The molecule has 20 heavy (non-hydrogen) atoms. The Bertz CT molecular complexity index is 632. The molecule has 2 aromatic carbocycles. The minimum atomic E-state index is -0.396. The van der Waals surface area contributed by atoms with E-state index in [4.69, 9.17) is 5.73 Å². The zero-order chi connectivity index (χ0) is 13.9. The number of carbonyl (C=O) groups is 1. The van der Waals surface area contributed by atoms with Crippen LogP contribution in [-0.4, -0.2) is 5.91 Å². The normalized spacial score (nSPS) is 14.0. The first-order chi connectivity index (χ1) is 9.74. The Morgan fingerprint density at radius 1 is 1.15 bits per heavy atom. The molecule has 0 bridgehead atoms. The van der Waals surface area contributed by atoms with Crippen LogP contribution in [0.4, 0.5) is 5.69 Å². The quantitative estimate of drug-likeness (QED) is 0.872. The van der Waals surface area contributed by atoms with Gasteiger partial charge in [-0.15, -0.1) is 0 Å². The van der Waals surface area contributed by atoms with E-state index in [1.165, 1.54) is 24.0 Å². The molecule has 1 fully saturated rings. The second-order valence-corrected chi connectivity index (χ2v) is 5.27.